The molecule has 1 fully saturated rings. The average molecular weight is 603 g/mol. The predicted octanol–water partition coefficient (Wildman–Crippen LogP) is 11.3. The van der Waals surface area contributed by atoms with Gasteiger partial charge in [0.25, 0.3) is 0 Å². The number of hydrogen-bond donors (Lipinski definition) is 0. The third kappa shape index (κ3) is 5.10. The summed E-state index contributed by atoms with van der Waals surface area (Å²) in [6.07, 6.45) is 7.95. The first-order valence-electron chi connectivity index (χ1n) is 15.5. The molecule has 3 aromatic rings. The van der Waals surface area contributed by atoms with E-state index in [-0.39, 0.29) is 10.8 Å². The van der Waals surface area contributed by atoms with Gasteiger partial charge >= 0.3 is 0 Å². The fourth-order valence-corrected chi connectivity index (χ4v) is 17.4. The van der Waals surface area contributed by atoms with E-state index in [4.69, 9.17) is 0 Å². The molecule has 5 unspecified atom stereocenters. The van der Waals surface area contributed by atoms with Crippen LogP contribution in [0.15, 0.2) is 59.5 Å². The topological polar surface area (TPSA) is 0 Å². The van der Waals surface area contributed by atoms with Crippen LogP contribution in [0.2, 0.25) is 0 Å². The third-order valence-corrected chi connectivity index (χ3v) is 17.3. The molecule has 5 atom stereocenters. The summed E-state index contributed by atoms with van der Waals surface area (Å²) in [6.45, 7) is 19.0. The van der Waals surface area contributed by atoms with Gasteiger partial charge in [0.05, 0.1) is 0 Å². The van der Waals surface area contributed by atoms with E-state index in [0.29, 0.717) is 10.5 Å². The van der Waals surface area contributed by atoms with E-state index in [2.05, 4.69) is 145 Å². The smallest absolute Gasteiger partial charge is 0.0373 e. The highest BCUT2D eigenvalue weighted by Crippen LogP contribution is 2.72. The Bertz CT molecular complexity index is 1450. The third-order valence-electron chi connectivity index (χ3n) is 10.3. The Morgan fingerprint density at radius 3 is 1.85 bits per heavy atom. The van der Waals surface area contributed by atoms with Crippen LogP contribution in [0.5, 0.6) is 0 Å². The van der Waals surface area contributed by atoms with Crippen LogP contribution >= 0.6 is 33.1 Å². The molecule has 3 heteroatoms. The molecule has 2 heterocycles. The van der Waals surface area contributed by atoms with Crippen molar-refractivity contribution in [2.45, 2.75) is 94.8 Å². The second-order valence-electron chi connectivity index (χ2n) is 15.6. The summed E-state index contributed by atoms with van der Waals surface area (Å²) in [6, 6.07) is 19.0. The molecule has 0 spiro atoms. The Kier molecular flexibility index (Phi) is 7.48. The van der Waals surface area contributed by atoms with Crippen molar-refractivity contribution in [3.05, 3.63) is 86.6 Å². The number of fused-ring (bicyclic) bond motifs is 2. The zero-order valence-corrected chi connectivity index (χ0v) is 29.4. The van der Waals surface area contributed by atoms with Crippen molar-refractivity contribution in [3.63, 3.8) is 0 Å². The maximum Gasteiger partial charge on any atom is 0.0373 e. The number of rotatable bonds is 4. The van der Waals surface area contributed by atoms with Crippen LogP contribution in [0.3, 0.4) is 0 Å². The first-order chi connectivity index (χ1) is 19.2. The second-order valence-corrected chi connectivity index (χ2v) is 21.7. The summed E-state index contributed by atoms with van der Waals surface area (Å²) in [5, 5.41) is 4.70. The van der Waals surface area contributed by atoms with Crippen LogP contribution in [0.4, 0.5) is 0 Å². The van der Waals surface area contributed by atoms with Gasteiger partial charge in [0, 0.05) is 26.4 Å². The zero-order chi connectivity index (χ0) is 29.5. The minimum absolute atomic E-state index is 0.196. The fraction of sp³-hybridized carbons (Fsp3) is 0.526. The minimum Gasteiger partial charge on any atom is -0.234 e. The highest BCUT2D eigenvalue weighted by atomic mass is 32.3. The van der Waals surface area contributed by atoms with Crippen molar-refractivity contribution >= 4 is 38.7 Å². The summed E-state index contributed by atoms with van der Waals surface area (Å²) in [7, 11) is -0.876. The largest absolute Gasteiger partial charge is 0.234 e. The molecule has 1 aromatic heterocycles. The fourth-order valence-electron chi connectivity index (χ4n) is 8.16. The molecular weight excluding hydrogens is 553 g/mol. The Labute approximate surface area is 260 Å². The van der Waals surface area contributed by atoms with Gasteiger partial charge in [-0.25, -0.2) is 10.0 Å². The molecular formula is C38H50S3. The monoisotopic (exact) mass is 602 g/mol. The van der Waals surface area contributed by atoms with Gasteiger partial charge in [0.15, 0.2) is 0 Å². The Morgan fingerprint density at radius 2 is 1.29 bits per heavy atom. The Balaban J connectivity index is 1.30. The van der Waals surface area contributed by atoms with Crippen LogP contribution in [-0.4, -0.2) is 28.8 Å². The van der Waals surface area contributed by atoms with Gasteiger partial charge in [-0.2, -0.15) is 0 Å². The van der Waals surface area contributed by atoms with E-state index in [9.17, 15) is 0 Å². The van der Waals surface area contributed by atoms with Gasteiger partial charge in [-0.15, -0.1) is 23.1 Å². The van der Waals surface area contributed by atoms with E-state index in [0.717, 1.165) is 17.1 Å². The van der Waals surface area contributed by atoms with Gasteiger partial charge in [0.2, 0.25) is 0 Å². The summed E-state index contributed by atoms with van der Waals surface area (Å²) in [5.41, 5.74) is 12.7. The first-order valence-corrected chi connectivity index (χ1v) is 20.0. The summed E-state index contributed by atoms with van der Waals surface area (Å²) < 4.78 is 0. The van der Waals surface area contributed by atoms with Crippen molar-refractivity contribution in [1.82, 2.24) is 0 Å². The van der Waals surface area contributed by atoms with Crippen molar-refractivity contribution in [1.29, 1.82) is 0 Å². The standard InChI is InChI=1S/C38H50S3/c1-23-19-29-31(25-11-15-27(16-12-25)37(3,4)5)21-39-33(29)35(23)41(9,10)36-24(2)20-30-32(22-40-34(30)36)26-13-17-28(18-14-26)38(6,7)8/h11-18,21,23-24,34-36H,19-20,22H2,1-10H3. The van der Waals surface area contributed by atoms with Gasteiger partial charge in [0.1, 0.15) is 0 Å². The van der Waals surface area contributed by atoms with Crippen LogP contribution in [0.25, 0.3) is 16.7 Å². The van der Waals surface area contributed by atoms with Gasteiger partial charge in [-0.3, -0.25) is 0 Å². The average Bonchev–Trinajstić information content (AvgIpc) is 3.62. The number of thiophene rings is 1. The lowest BCUT2D eigenvalue weighted by Crippen LogP contribution is -2.32. The molecule has 220 valence electrons. The molecule has 0 saturated heterocycles. The molecule has 41 heavy (non-hydrogen) atoms. The molecule has 0 nitrogen and oxygen atoms in total. The molecule has 2 aliphatic carbocycles. The van der Waals surface area contributed by atoms with Crippen molar-refractivity contribution < 1.29 is 0 Å². The van der Waals surface area contributed by atoms with E-state index in [1.807, 2.05) is 0 Å². The predicted molar refractivity (Wildman–Crippen MR) is 189 cm³/mol. The lowest BCUT2D eigenvalue weighted by molar-refractivity contribution is 0.589. The molecule has 1 saturated carbocycles. The van der Waals surface area contributed by atoms with Crippen LogP contribution in [0, 0.1) is 11.8 Å². The van der Waals surface area contributed by atoms with Crippen molar-refractivity contribution in [2.75, 3.05) is 18.3 Å². The quantitative estimate of drug-likeness (QED) is 0.286. The number of benzene rings is 2. The minimum atomic E-state index is -0.876. The lowest BCUT2D eigenvalue weighted by Gasteiger charge is -2.49. The van der Waals surface area contributed by atoms with Gasteiger partial charge < -0.3 is 0 Å². The van der Waals surface area contributed by atoms with Crippen molar-refractivity contribution in [2.24, 2.45) is 11.8 Å². The maximum atomic E-state index is 2.71. The highest BCUT2D eigenvalue weighted by molar-refractivity contribution is 8.33. The first kappa shape index (κ1) is 29.6. The summed E-state index contributed by atoms with van der Waals surface area (Å²) in [4.78, 5) is 1.72. The number of hydrogen-bond acceptors (Lipinski definition) is 2. The SMILES string of the molecule is CC1Cc2c(-c3ccc(C(C)(C)C)cc3)csc2C1S(C)(C)C1C(C)CC2=C(c3ccc(C(C)(C)C)cc3)CSC21. The van der Waals surface area contributed by atoms with Crippen LogP contribution < -0.4 is 0 Å². The Morgan fingerprint density at radius 1 is 0.732 bits per heavy atom. The van der Waals surface area contributed by atoms with Crippen molar-refractivity contribution in [3.8, 4) is 11.1 Å². The molecule has 0 bridgehead atoms. The summed E-state index contributed by atoms with van der Waals surface area (Å²) in [5.74, 6) is 2.68. The van der Waals surface area contributed by atoms with E-state index < -0.39 is 10.0 Å². The van der Waals surface area contributed by atoms with Crippen LogP contribution in [0.1, 0.15) is 94.2 Å². The van der Waals surface area contributed by atoms with Crippen LogP contribution in [-0.2, 0) is 17.3 Å². The summed E-state index contributed by atoms with van der Waals surface area (Å²) >= 11 is 4.33. The molecule has 2 aromatic carbocycles. The molecule has 0 N–H and O–H groups in total. The molecule has 1 aliphatic heterocycles. The highest BCUT2D eigenvalue weighted by Gasteiger charge is 2.52. The molecule has 3 aliphatic rings. The van der Waals surface area contributed by atoms with Gasteiger partial charge in [-0.05, 0) is 92.4 Å². The van der Waals surface area contributed by atoms with E-state index >= 15 is 0 Å². The zero-order valence-electron chi connectivity index (χ0n) is 26.9. The van der Waals surface area contributed by atoms with E-state index in [1.54, 1.807) is 21.6 Å². The molecule has 0 amide bonds. The number of thioether (sulfide) groups is 1. The lowest BCUT2D eigenvalue weighted by atomic mass is 9.86. The van der Waals surface area contributed by atoms with Gasteiger partial charge in [-0.1, -0.05) is 109 Å². The second kappa shape index (κ2) is 10.3. The van der Waals surface area contributed by atoms with E-state index in [1.165, 1.54) is 46.4 Å². The molecule has 0 radical (unpaired) electrons. The normalized spacial score (nSPS) is 26.9. The maximum absolute atomic E-state index is 2.71. The Hall–Kier alpha value is -1.42. The molecule has 6 rings (SSSR count).